The highest BCUT2D eigenvalue weighted by Crippen LogP contribution is 2.42. The molecule has 0 radical (unpaired) electrons. The summed E-state index contributed by atoms with van der Waals surface area (Å²) in [7, 11) is 2.08. The summed E-state index contributed by atoms with van der Waals surface area (Å²) >= 11 is 1.66. The maximum Gasteiger partial charge on any atom is 0.232 e. The zero-order valence-electron chi connectivity index (χ0n) is 16.2. The minimum Gasteiger partial charge on any atom is -0.355 e. The number of likely N-dealkylation sites (N-methyl/N-ethyl adjacent to an activating group) is 1. The van der Waals surface area contributed by atoms with Crippen LogP contribution in [0.4, 0.5) is 0 Å². The molecule has 2 aliphatic heterocycles. The third kappa shape index (κ3) is 4.45. The van der Waals surface area contributed by atoms with Crippen molar-refractivity contribution in [2.45, 2.75) is 38.6 Å². The molecule has 0 unspecified atom stereocenters. The second kappa shape index (κ2) is 9.05. The second-order valence-electron chi connectivity index (χ2n) is 7.45. The van der Waals surface area contributed by atoms with Gasteiger partial charge < -0.3 is 15.1 Å². The molecular formula is C18H30N6O2S. The first-order valence-electron chi connectivity index (χ1n) is 9.75. The van der Waals surface area contributed by atoms with Gasteiger partial charge in [-0.1, -0.05) is 6.92 Å². The Kier molecular flexibility index (Phi) is 6.75. The lowest BCUT2D eigenvalue weighted by atomic mass is 9.67. The van der Waals surface area contributed by atoms with Gasteiger partial charge in [-0.05, 0) is 38.6 Å². The molecule has 2 fully saturated rings. The van der Waals surface area contributed by atoms with E-state index in [0.29, 0.717) is 31.8 Å². The molecule has 9 heteroatoms. The van der Waals surface area contributed by atoms with Crippen LogP contribution in [-0.2, 0) is 16.0 Å². The number of aromatic nitrogens is 3. The largest absolute Gasteiger partial charge is 0.355 e. The Morgan fingerprint density at radius 2 is 2.26 bits per heavy atom. The number of hydrogen-bond acceptors (Lipinski definition) is 6. The predicted octanol–water partition coefficient (Wildman–Crippen LogP) is 0.529. The summed E-state index contributed by atoms with van der Waals surface area (Å²) < 4.78 is 0. The van der Waals surface area contributed by atoms with Gasteiger partial charge in [0.05, 0.1) is 23.1 Å². The molecular weight excluding hydrogens is 364 g/mol. The van der Waals surface area contributed by atoms with E-state index in [2.05, 4.69) is 39.6 Å². The van der Waals surface area contributed by atoms with Crippen LogP contribution in [-0.4, -0.2) is 87.8 Å². The van der Waals surface area contributed by atoms with Crippen molar-refractivity contribution in [3.05, 3.63) is 11.9 Å². The smallest absolute Gasteiger partial charge is 0.232 e. The highest BCUT2D eigenvalue weighted by Gasteiger charge is 2.52. The Hall–Kier alpha value is -1.61. The van der Waals surface area contributed by atoms with Gasteiger partial charge in [-0.2, -0.15) is 27.2 Å². The molecule has 2 amide bonds. The Labute approximate surface area is 164 Å². The van der Waals surface area contributed by atoms with Crippen molar-refractivity contribution in [3.63, 3.8) is 0 Å². The number of likely N-dealkylation sites (tertiary alicyclic amines) is 2. The monoisotopic (exact) mass is 394 g/mol. The van der Waals surface area contributed by atoms with Gasteiger partial charge in [-0.15, -0.1) is 0 Å². The summed E-state index contributed by atoms with van der Waals surface area (Å²) in [6.07, 6.45) is 4.99. The molecule has 150 valence electrons. The molecule has 1 aromatic heterocycles. The fourth-order valence-electron chi connectivity index (χ4n) is 4.34. The Bertz CT molecular complexity index is 640. The zero-order valence-corrected chi connectivity index (χ0v) is 17.1. The molecule has 0 bridgehead atoms. The Balaban J connectivity index is 1.64. The van der Waals surface area contributed by atoms with Crippen molar-refractivity contribution >= 4 is 23.6 Å². The van der Waals surface area contributed by atoms with Crippen LogP contribution in [0, 0.1) is 5.41 Å². The van der Waals surface area contributed by atoms with Gasteiger partial charge in [0.25, 0.3) is 0 Å². The van der Waals surface area contributed by atoms with E-state index in [-0.39, 0.29) is 17.9 Å². The van der Waals surface area contributed by atoms with Crippen molar-refractivity contribution in [2.75, 3.05) is 44.7 Å². The molecule has 0 aromatic carbocycles. The molecule has 27 heavy (non-hydrogen) atoms. The predicted molar refractivity (Wildman–Crippen MR) is 105 cm³/mol. The molecule has 0 spiro atoms. The summed E-state index contributed by atoms with van der Waals surface area (Å²) in [6, 6.07) is 0.0858. The number of fused-ring (bicyclic) bond motifs is 1. The Morgan fingerprint density at radius 3 is 3.00 bits per heavy atom. The number of H-pyrrole nitrogens is 1. The van der Waals surface area contributed by atoms with Crippen LogP contribution >= 0.6 is 11.8 Å². The molecule has 1 aromatic rings. The van der Waals surface area contributed by atoms with Crippen molar-refractivity contribution in [1.29, 1.82) is 0 Å². The maximum absolute atomic E-state index is 13.2. The van der Waals surface area contributed by atoms with Crippen molar-refractivity contribution in [2.24, 2.45) is 5.41 Å². The fourth-order valence-corrected chi connectivity index (χ4v) is 4.90. The number of carbonyl (C=O) groups excluding carboxylic acids is 2. The molecule has 0 aliphatic carbocycles. The topological polar surface area (TPSA) is 94.2 Å². The average molecular weight is 395 g/mol. The first-order chi connectivity index (χ1) is 13.1. The molecule has 2 N–H and O–H groups in total. The van der Waals surface area contributed by atoms with Gasteiger partial charge in [0.15, 0.2) is 0 Å². The molecule has 2 saturated heterocycles. The first-order valence-corrected chi connectivity index (χ1v) is 10.9. The summed E-state index contributed by atoms with van der Waals surface area (Å²) in [6.45, 7) is 4.92. The molecule has 0 saturated carbocycles. The van der Waals surface area contributed by atoms with Crippen LogP contribution in [0.5, 0.6) is 0 Å². The minimum absolute atomic E-state index is 0.0858. The SMILES string of the molecule is CCSCC(=O)N1CC[C@]2(C(=O)NCCc3cn[nH]n3)CCCN(C)[C@H]2C1. The van der Waals surface area contributed by atoms with Crippen LogP contribution in [0.1, 0.15) is 31.9 Å². The van der Waals surface area contributed by atoms with E-state index in [1.807, 2.05) is 4.90 Å². The average Bonchev–Trinajstić information content (AvgIpc) is 3.19. The van der Waals surface area contributed by atoms with E-state index in [1.54, 1.807) is 18.0 Å². The van der Waals surface area contributed by atoms with E-state index in [4.69, 9.17) is 0 Å². The number of thioether (sulfide) groups is 1. The highest BCUT2D eigenvalue weighted by atomic mass is 32.2. The number of hydrogen-bond donors (Lipinski definition) is 2. The lowest BCUT2D eigenvalue weighted by Gasteiger charge is -2.53. The summed E-state index contributed by atoms with van der Waals surface area (Å²) in [4.78, 5) is 29.9. The normalized spacial score (nSPS) is 25.9. The summed E-state index contributed by atoms with van der Waals surface area (Å²) in [5.74, 6) is 1.79. The number of amides is 2. The van der Waals surface area contributed by atoms with Gasteiger partial charge in [0, 0.05) is 32.1 Å². The quantitative estimate of drug-likeness (QED) is 0.701. The van der Waals surface area contributed by atoms with Crippen LogP contribution in [0.3, 0.4) is 0 Å². The highest BCUT2D eigenvalue weighted by molar-refractivity contribution is 7.99. The molecule has 3 rings (SSSR count). The van der Waals surface area contributed by atoms with Gasteiger partial charge >= 0.3 is 0 Å². The van der Waals surface area contributed by atoms with Crippen molar-refractivity contribution < 1.29 is 9.59 Å². The van der Waals surface area contributed by atoms with E-state index >= 15 is 0 Å². The van der Waals surface area contributed by atoms with Crippen molar-refractivity contribution in [1.82, 2.24) is 30.5 Å². The number of nitrogens with one attached hydrogen (secondary N) is 2. The second-order valence-corrected chi connectivity index (χ2v) is 8.72. The molecule has 2 atom stereocenters. The standard InChI is InChI=1S/C18H30N6O2S/c1-3-27-13-16(25)24-10-7-18(6-4-9-23(2)15(18)12-24)17(26)19-8-5-14-11-20-22-21-14/h11,15H,3-10,12-13H2,1-2H3,(H,19,26)(H,20,21,22)/t15-,18+/m0/s1. The maximum atomic E-state index is 13.2. The minimum atomic E-state index is -0.397. The molecule has 2 aliphatic rings. The summed E-state index contributed by atoms with van der Waals surface area (Å²) in [5.41, 5.74) is 0.449. The van der Waals surface area contributed by atoms with Crippen LogP contribution in [0.2, 0.25) is 0 Å². The van der Waals surface area contributed by atoms with Crippen LogP contribution < -0.4 is 5.32 Å². The molecule has 8 nitrogen and oxygen atoms in total. The number of rotatable bonds is 7. The van der Waals surface area contributed by atoms with E-state index in [0.717, 1.165) is 37.3 Å². The lowest BCUT2D eigenvalue weighted by Crippen LogP contribution is -2.65. The fraction of sp³-hybridized carbons (Fsp3) is 0.778. The third-order valence-corrected chi connectivity index (χ3v) is 6.75. The van der Waals surface area contributed by atoms with Gasteiger partial charge in [-0.3, -0.25) is 9.59 Å². The van der Waals surface area contributed by atoms with E-state index in [9.17, 15) is 9.59 Å². The Morgan fingerprint density at radius 1 is 1.41 bits per heavy atom. The number of nitrogens with zero attached hydrogens (tertiary/aromatic N) is 4. The molecule has 3 heterocycles. The zero-order chi connectivity index (χ0) is 19.3. The van der Waals surface area contributed by atoms with Crippen LogP contribution in [0.15, 0.2) is 6.20 Å². The third-order valence-electron chi connectivity index (χ3n) is 5.89. The number of piperidine rings is 2. The van der Waals surface area contributed by atoms with Gasteiger partial charge in [0.2, 0.25) is 11.8 Å². The lowest BCUT2D eigenvalue weighted by molar-refractivity contribution is -0.149. The van der Waals surface area contributed by atoms with Crippen LogP contribution in [0.25, 0.3) is 0 Å². The first kappa shape index (κ1) is 20.1. The van der Waals surface area contributed by atoms with Gasteiger partial charge in [0.1, 0.15) is 0 Å². The number of carbonyl (C=O) groups is 2. The van der Waals surface area contributed by atoms with Gasteiger partial charge in [-0.25, -0.2) is 0 Å². The van der Waals surface area contributed by atoms with Crippen molar-refractivity contribution in [3.8, 4) is 0 Å². The summed E-state index contributed by atoms with van der Waals surface area (Å²) in [5, 5.41) is 13.5. The van der Waals surface area contributed by atoms with E-state index in [1.165, 1.54) is 0 Å². The number of aromatic amines is 1. The van der Waals surface area contributed by atoms with E-state index < -0.39 is 5.41 Å².